The van der Waals surface area contributed by atoms with Gasteiger partial charge in [-0.2, -0.15) is 0 Å². The quantitative estimate of drug-likeness (QED) is 0.149. The van der Waals surface area contributed by atoms with Gasteiger partial charge in [0.15, 0.2) is 11.9 Å². The molecular formula is C35H51NO9. The Labute approximate surface area is 265 Å². The highest BCUT2D eigenvalue weighted by Gasteiger charge is 2.81. The zero-order valence-corrected chi connectivity index (χ0v) is 27.6. The van der Waals surface area contributed by atoms with Crippen LogP contribution in [0.3, 0.4) is 0 Å². The normalized spacial score (nSPS) is 36.2. The molecular weight excluding hydrogens is 578 g/mol. The summed E-state index contributed by atoms with van der Waals surface area (Å²) in [5.74, 6) is -1.62. The summed E-state index contributed by atoms with van der Waals surface area (Å²) in [5, 5.41) is 51.3. The van der Waals surface area contributed by atoms with E-state index in [4.69, 9.17) is 14.0 Å². The van der Waals surface area contributed by atoms with E-state index in [0.29, 0.717) is 42.7 Å². The lowest BCUT2D eigenvalue weighted by molar-refractivity contribution is -0.203. The molecule has 1 aromatic rings. The number of ether oxygens (including phenoxy) is 2. The van der Waals surface area contributed by atoms with E-state index < -0.39 is 58.8 Å². The fraction of sp³-hybridized carbons (Fsp3) is 0.743. The molecule has 1 heterocycles. The average molecular weight is 630 g/mol. The lowest BCUT2D eigenvalue weighted by Crippen LogP contribution is -2.65. The van der Waals surface area contributed by atoms with E-state index in [0.717, 1.165) is 32.1 Å². The second-order valence-corrected chi connectivity index (χ2v) is 14.2. The Hall–Kier alpha value is -2.53. The minimum absolute atomic E-state index is 0.127. The zero-order valence-electron chi connectivity index (χ0n) is 27.6. The van der Waals surface area contributed by atoms with E-state index in [1.807, 2.05) is 27.7 Å². The number of aromatic nitrogens is 1. The van der Waals surface area contributed by atoms with Gasteiger partial charge in [-0.3, -0.25) is 4.79 Å². The topological polar surface area (TPSA) is 160 Å². The molecule has 0 saturated heterocycles. The minimum atomic E-state index is -2.21. The Kier molecular flexibility index (Phi) is 9.21. The number of aliphatic hydroxyl groups is 4. The summed E-state index contributed by atoms with van der Waals surface area (Å²) in [6, 6.07) is 0. The summed E-state index contributed by atoms with van der Waals surface area (Å²) in [6.07, 6.45) is 5.85. The third kappa shape index (κ3) is 4.93. The van der Waals surface area contributed by atoms with Gasteiger partial charge in [-0.05, 0) is 43.8 Å². The number of nitrogens with zero attached hydrogens (tertiary/aromatic N) is 1. The van der Waals surface area contributed by atoms with E-state index >= 15 is 0 Å². The third-order valence-electron chi connectivity index (χ3n) is 11.6. The monoisotopic (exact) mass is 629 g/mol. The highest BCUT2D eigenvalue weighted by molar-refractivity contribution is 5.92. The molecule has 1 aromatic heterocycles. The molecule has 5 rings (SSSR count). The summed E-state index contributed by atoms with van der Waals surface area (Å²) < 4.78 is 17.7. The Morgan fingerprint density at radius 2 is 1.78 bits per heavy atom. The minimum Gasteiger partial charge on any atom is -0.458 e. The molecule has 45 heavy (non-hydrogen) atoms. The van der Waals surface area contributed by atoms with Crippen LogP contribution in [0.4, 0.5) is 0 Å². The first-order chi connectivity index (χ1) is 21.3. The van der Waals surface area contributed by atoms with Crippen LogP contribution in [0.2, 0.25) is 0 Å². The number of unbranched alkanes of at least 4 members (excludes halogenated alkanes) is 4. The van der Waals surface area contributed by atoms with Crippen molar-refractivity contribution in [2.45, 2.75) is 135 Å². The fourth-order valence-electron chi connectivity index (χ4n) is 9.12. The highest BCUT2D eigenvalue weighted by Crippen LogP contribution is 2.75. The summed E-state index contributed by atoms with van der Waals surface area (Å²) >= 11 is 0. The molecule has 0 aliphatic heterocycles. The van der Waals surface area contributed by atoms with Crippen molar-refractivity contribution in [1.82, 2.24) is 5.16 Å². The van der Waals surface area contributed by atoms with Crippen LogP contribution in [-0.4, -0.2) is 73.6 Å². The van der Waals surface area contributed by atoms with Crippen LogP contribution >= 0.6 is 0 Å². The van der Waals surface area contributed by atoms with Crippen LogP contribution in [-0.2, 0) is 27.1 Å². The van der Waals surface area contributed by atoms with Gasteiger partial charge in [0.25, 0.3) is 0 Å². The van der Waals surface area contributed by atoms with E-state index in [1.165, 1.54) is 0 Å². The van der Waals surface area contributed by atoms with E-state index in [-0.39, 0.29) is 29.4 Å². The van der Waals surface area contributed by atoms with E-state index in [2.05, 4.69) is 12.1 Å². The predicted molar refractivity (Wildman–Crippen MR) is 165 cm³/mol. The van der Waals surface area contributed by atoms with Crippen molar-refractivity contribution in [3.8, 4) is 0 Å². The second-order valence-electron chi connectivity index (χ2n) is 14.2. The largest absolute Gasteiger partial charge is 0.458 e. The number of aliphatic hydroxyl groups excluding tert-OH is 3. The molecule has 10 nitrogen and oxygen atoms in total. The lowest BCUT2D eigenvalue weighted by Gasteiger charge is -2.49. The van der Waals surface area contributed by atoms with Gasteiger partial charge in [-0.1, -0.05) is 77.6 Å². The number of carbonyl (C=O) groups is 2. The number of fused-ring (bicyclic) bond motifs is 3. The van der Waals surface area contributed by atoms with Crippen LogP contribution in [0.5, 0.6) is 0 Å². The molecule has 10 heteroatoms. The Morgan fingerprint density at radius 1 is 1.07 bits per heavy atom. The predicted octanol–water partition coefficient (Wildman–Crippen LogP) is 4.36. The number of aryl methyl sites for hydroxylation is 2. The molecule has 8 atom stereocenters. The van der Waals surface area contributed by atoms with E-state index in [9.17, 15) is 30.0 Å². The number of rotatable bonds is 12. The molecule has 4 N–H and O–H groups in total. The molecule has 4 aliphatic rings. The van der Waals surface area contributed by atoms with Crippen molar-refractivity contribution in [3.63, 3.8) is 0 Å². The maximum absolute atomic E-state index is 13.7. The molecule has 2 unspecified atom stereocenters. The number of carbonyl (C=O) groups excluding carboxylic acids is 2. The van der Waals surface area contributed by atoms with Crippen molar-refractivity contribution >= 4 is 11.9 Å². The van der Waals surface area contributed by atoms with Gasteiger partial charge >= 0.3 is 11.9 Å². The Bertz CT molecular complexity index is 1340. The first kappa shape index (κ1) is 33.8. The Morgan fingerprint density at radius 3 is 2.42 bits per heavy atom. The smallest absolute Gasteiger partial charge is 0.344 e. The van der Waals surface area contributed by atoms with Crippen LogP contribution < -0.4 is 0 Å². The lowest BCUT2D eigenvalue weighted by atomic mass is 9.62. The van der Waals surface area contributed by atoms with E-state index in [1.54, 1.807) is 19.1 Å². The first-order valence-electron chi connectivity index (χ1n) is 16.8. The van der Waals surface area contributed by atoms with Gasteiger partial charge in [0.1, 0.15) is 22.9 Å². The number of esters is 2. The van der Waals surface area contributed by atoms with Crippen LogP contribution in [0.1, 0.15) is 115 Å². The van der Waals surface area contributed by atoms with Gasteiger partial charge in [0.2, 0.25) is 0 Å². The van der Waals surface area contributed by atoms with Crippen LogP contribution in [0, 0.1) is 22.7 Å². The van der Waals surface area contributed by atoms with Crippen LogP contribution in [0.25, 0.3) is 0 Å². The maximum atomic E-state index is 13.7. The van der Waals surface area contributed by atoms with Gasteiger partial charge in [-0.25, -0.2) is 4.79 Å². The summed E-state index contributed by atoms with van der Waals surface area (Å²) in [6.45, 7) is 11.0. The standard InChI is InChI=1S/C35H51NO9/c1-7-10-11-12-13-14-25(38)44-34-16-15-33-18-20(4)30(43-31(41)26-23(8-2)36-45-24(26)9-3)35(33,42)28(39)21(19-37)17-22(29(33)40)27(34)32(34,5)6/h17-18,22,27-30,37,39-40,42H,7-16,19H2,1-6H3/t22-,27+,28+,29?,30-,33?,34-,35-/m0/s1. The molecule has 0 amide bonds. The molecule has 4 aliphatic carbocycles. The molecule has 2 fully saturated rings. The summed E-state index contributed by atoms with van der Waals surface area (Å²) in [4.78, 5) is 26.9. The second kappa shape index (κ2) is 12.2. The molecule has 2 saturated carbocycles. The number of hydrogen-bond donors (Lipinski definition) is 4. The SMILES string of the molecule is CCCCCCCC(=O)O[C@@]12CCC34C=C(C)[C@H](OC(=O)c5c(CC)noc5CC)[C@@]3(O)[C@H](O)C(CO)=C[C@H](C4O)[C@@H]1C2(C)C. The highest BCUT2D eigenvalue weighted by atomic mass is 16.6. The Balaban J connectivity index is 1.50. The van der Waals surface area contributed by atoms with Gasteiger partial charge in [0.05, 0.1) is 23.8 Å². The van der Waals surface area contributed by atoms with Crippen molar-refractivity contribution < 1.29 is 44.0 Å². The van der Waals surface area contributed by atoms with Gasteiger partial charge < -0.3 is 34.4 Å². The first-order valence-corrected chi connectivity index (χ1v) is 16.8. The van der Waals surface area contributed by atoms with Crippen molar-refractivity contribution in [1.29, 1.82) is 0 Å². The summed E-state index contributed by atoms with van der Waals surface area (Å²) in [5.41, 5.74) is -3.83. The average Bonchev–Trinajstić information content (AvgIpc) is 3.24. The molecule has 0 radical (unpaired) electrons. The van der Waals surface area contributed by atoms with Gasteiger partial charge in [-0.15, -0.1) is 0 Å². The van der Waals surface area contributed by atoms with Crippen molar-refractivity contribution in [2.75, 3.05) is 6.61 Å². The van der Waals surface area contributed by atoms with Gasteiger partial charge in [0, 0.05) is 30.1 Å². The third-order valence-corrected chi connectivity index (χ3v) is 11.6. The summed E-state index contributed by atoms with van der Waals surface area (Å²) in [7, 11) is 0. The molecule has 1 spiro atoms. The maximum Gasteiger partial charge on any atom is 0.344 e. The zero-order chi connectivity index (χ0) is 32.9. The molecule has 250 valence electrons. The number of hydrogen-bond acceptors (Lipinski definition) is 10. The molecule has 2 bridgehead atoms. The van der Waals surface area contributed by atoms with Crippen molar-refractivity contribution in [2.24, 2.45) is 22.7 Å². The van der Waals surface area contributed by atoms with Crippen molar-refractivity contribution in [3.05, 3.63) is 40.3 Å². The van der Waals surface area contributed by atoms with Crippen LogP contribution in [0.15, 0.2) is 27.8 Å². The molecule has 0 aromatic carbocycles. The fourth-order valence-corrected chi connectivity index (χ4v) is 9.12.